The molecule has 0 bridgehead atoms. The molecule has 1 radical (unpaired) electrons. The summed E-state index contributed by atoms with van der Waals surface area (Å²) in [6.45, 7) is 7.84. The fraction of sp³-hybridized carbons (Fsp3) is 0.667. The molecule has 0 aromatic rings. The summed E-state index contributed by atoms with van der Waals surface area (Å²) in [6, 6.07) is 0. The van der Waals surface area contributed by atoms with Gasteiger partial charge in [0.1, 0.15) is 6.61 Å². The summed E-state index contributed by atoms with van der Waals surface area (Å²) in [7, 11) is 0. The molecular weight excluding hydrogens is 102 g/mol. The van der Waals surface area contributed by atoms with Crippen molar-refractivity contribution in [3.63, 3.8) is 0 Å². The van der Waals surface area contributed by atoms with Gasteiger partial charge in [0.2, 0.25) is 0 Å². The van der Waals surface area contributed by atoms with Gasteiger partial charge in [-0.3, -0.25) is 0 Å². The summed E-state index contributed by atoms with van der Waals surface area (Å²) in [6.07, 6.45) is 0.944. The van der Waals surface area contributed by atoms with Crippen molar-refractivity contribution in [2.45, 2.75) is 20.3 Å². The van der Waals surface area contributed by atoms with Crippen LogP contribution in [0.15, 0.2) is 5.16 Å². The van der Waals surface area contributed by atoms with E-state index in [1.807, 2.05) is 13.8 Å². The highest BCUT2D eigenvalue weighted by atomic mass is 16.6. The van der Waals surface area contributed by atoms with Gasteiger partial charge in [-0.1, -0.05) is 12.1 Å². The van der Waals surface area contributed by atoms with Crippen LogP contribution in [0.25, 0.3) is 0 Å². The number of nitrogens with zero attached hydrogens (tertiary/aromatic N) is 1. The molecule has 0 atom stereocenters. The van der Waals surface area contributed by atoms with Crippen molar-refractivity contribution in [3.8, 4) is 0 Å². The Morgan fingerprint density at radius 1 is 1.75 bits per heavy atom. The first-order valence-corrected chi connectivity index (χ1v) is 2.76. The van der Waals surface area contributed by atoms with E-state index in [1.165, 1.54) is 0 Å². The average molecular weight is 114 g/mol. The van der Waals surface area contributed by atoms with Crippen molar-refractivity contribution in [2.75, 3.05) is 6.61 Å². The molecule has 0 fully saturated rings. The van der Waals surface area contributed by atoms with Gasteiger partial charge in [-0.25, -0.2) is 0 Å². The molecule has 0 heterocycles. The predicted molar refractivity (Wildman–Crippen MR) is 34.7 cm³/mol. The predicted octanol–water partition coefficient (Wildman–Crippen LogP) is 1.62. The molecule has 0 N–H and O–H groups in total. The van der Waals surface area contributed by atoms with Crippen LogP contribution < -0.4 is 0 Å². The Kier molecular flexibility index (Phi) is 4.32. The lowest BCUT2D eigenvalue weighted by atomic mass is 10.3. The summed E-state index contributed by atoms with van der Waals surface area (Å²) in [5.41, 5.74) is 1.01. The molecule has 0 rings (SSSR count). The van der Waals surface area contributed by atoms with Crippen molar-refractivity contribution in [2.24, 2.45) is 5.16 Å². The van der Waals surface area contributed by atoms with E-state index in [2.05, 4.69) is 16.9 Å². The highest BCUT2D eigenvalue weighted by molar-refractivity contribution is 5.80. The molecular formula is C6H12NO. The maximum absolute atomic E-state index is 4.66. The van der Waals surface area contributed by atoms with Gasteiger partial charge in [0, 0.05) is 0 Å². The normalized spacial score (nSPS) is 11.6. The lowest BCUT2D eigenvalue weighted by molar-refractivity contribution is 0.172. The van der Waals surface area contributed by atoms with E-state index in [4.69, 9.17) is 0 Å². The Hall–Kier alpha value is -0.530. The maximum Gasteiger partial charge on any atom is 0.117 e. The topological polar surface area (TPSA) is 21.6 Å². The van der Waals surface area contributed by atoms with Crippen molar-refractivity contribution in [1.82, 2.24) is 0 Å². The quantitative estimate of drug-likeness (QED) is 0.403. The van der Waals surface area contributed by atoms with Crippen LogP contribution in [-0.2, 0) is 4.84 Å². The molecule has 47 valence electrons. The van der Waals surface area contributed by atoms with Crippen molar-refractivity contribution < 1.29 is 4.84 Å². The molecule has 0 aromatic carbocycles. The molecule has 0 spiro atoms. The van der Waals surface area contributed by atoms with Crippen LogP contribution in [0, 0.1) is 6.92 Å². The molecule has 0 amide bonds. The van der Waals surface area contributed by atoms with E-state index >= 15 is 0 Å². The number of rotatable bonds is 3. The number of hydrogen-bond acceptors (Lipinski definition) is 2. The Morgan fingerprint density at radius 2 is 2.38 bits per heavy atom. The van der Waals surface area contributed by atoms with Crippen LogP contribution in [-0.4, -0.2) is 12.3 Å². The Labute approximate surface area is 50.5 Å². The molecule has 8 heavy (non-hydrogen) atoms. The van der Waals surface area contributed by atoms with Crippen LogP contribution in [0.4, 0.5) is 0 Å². The first kappa shape index (κ1) is 7.47. The van der Waals surface area contributed by atoms with Gasteiger partial charge >= 0.3 is 0 Å². The molecule has 0 aliphatic heterocycles. The molecule has 2 nitrogen and oxygen atoms in total. The SMILES string of the molecule is [CH2]CON=C(C)CC. The van der Waals surface area contributed by atoms with Crippen LogP contribution in [0.1, 0.15) is 20.3 Å². The minimum Gasteiger partial charge on any atom is -0.396 e. The van der Waals surface area contributed by atoms with E-state index in [0.29, 0.717) is 6.61 Å². The highest BCUT2D eigenvalue weighted by Crippen LogP contribution is 1.84. The van der Waals surface area contributed by atoms with Crippen LogP contribution >= 0.6 is 0 Å². The Morgan fingerprint density at radius 3 is 2.75 bits per heavy atom. The monoisotopic (exact) mass is 114 g/mol. The molecule has 0 aliphatic rings. The third-order valence-electron chi connectivity index (χ3n) is 0.823. The van der Waals surface area contributed by atoms with Gasteiger partial charge in [0.25, 0.3) is 0 Å². The summed E-state index contributed by atoms with van der Waals surface area (Å²) in [4.78, 5) is 4.66. The van der Waals surface area contributed by atoms with E-state index < -0.39 is 0 Å². The lowest BCUT2D eigenvalue weighted by Gasteiger charge is -1.93. The Balaban J connectivity index is 3.26. The first-order chi connectivity index (χ1) is 3.81. The minimum absolute atomic E-state index is 0.414. The summed E-state index contributed by atoms with van der Waals surface area (Å²) >= 11 is 0. The molecule has 0 saturated heterocycles. The second-order valence-electron chi connectivity index (χ2n) is 1.51. The maximum atomic E-state index is 4.66. The molecule has 0 saturated carbocycles. The summed E-state index contributed by atoms with van der Waals surface area (Å²) in [5.74, 6) is 0. The zero-order valence-corrected chi connectivity index (χ0v) is 5.48. The highest BCUT2D eigenvalue weighted by Gasteiger charge is 1.81. The standard InChI is InChI=1S/C6H12NO/c1-4-6(3)7-8-5-2/h2,4-5H2,1,3H3. The van der Waals surface area contributed by atoms with Gasteiger partial charge in [0.05, 0.1) is 5.71 Å². The van der Waals surface area contributed by atoms with Crippen LogP contribution in [0.2, 0.25) is 0 Å². The van der Waals surface area contributed by atoms with Crippen molar-refractivity contribution >= 4 is 5.71 Å². The molecule has 0 aromatic heterocycles. The van der Waals surface area contributed by atoms with E-state index in [-0.39, 0.29) is 0 Å². The average Bonchev–Trinajstić information content (AvgIpc) is 1.83. The second-order valence-corrected chi connectivity index (χ2v) is 1.51. The van der Waals surface area contributed by atoms with Gasteiger partial charge in [-0.05, 0) is 20.3 Å². The molecule has 2 heteroatoms. The van der Waals surface area contributed by atoms with Gasteiger partial charge in [-0.15, -0.1) is 0 Å². The van der Waals surface area contributed by atoms with Crippen molar-refractivity contribution in [3.05, 3.63) is 6.92 Å². The van der Waals surface area contributed by atoms with E-state index in [9.17, 15) is 0 Å². The fourth-order valence-electron chi connectivity index (χ4n) is 0.220. The lowest BCUT2D eigenvalue weighted by Crippen LogP contribution is -1.89. The number of oxime groups is 1. The van der Waals surface area contributed by atoms with Crippen molar-refractivity contribution in [1.29, 1.82) is 0 Å². The van der Waals surface area contributed by atoms with Gasteiger partial charge < -0.3 is 4.84 Å². The summed E-state index contributed by atoms with van der Waals surface area (Å²) < 4.78 is 0. The largest absolute Gasteiger partial charge is 0.396 e. The van der Waals surface area contributed by atoms with Crippen LogP contribution in [0.5, 0.6) is 0 Å². The summed E-state index contributed by atoms with van der Waals surface area (Å²) in [5, 5.41) is 3.72. The second kappa shape index (κ2) is 4.62. The van der Waals surface area contributed by atoms with Gasteiger partial charge in [-0.2, -0.15) is 0 Å². The third kappa shape index (κ3) is 3.65. The van der Waals surface area contributed by atoms with E-state index in [1.54, 1.807) is 0 Å². The fourth-order valence-corrected chi connectivity index (χ4v) is 0.220. The molecule has 0 unspecified atom stereocenters. The number of hydrogen-bond donors (Lipinski definition) is 0. The van der Waals surface area contributed by atoms with Gasteiger partial charge in [0.15, 0.2) is 0 Å². The minimum atomic E-state index is 0.414. The third-order valence-corrected chi connectivity index (χ3v) is 0.823. The van der Waals surface area contributed by atoms with Crippen LogP contribution in [0.3, 0.4) is 0 Å². The molecule has 0 aliphatic carbocycles. The zero-order chi connectivity index (χ0) is 6.41. The Bertz CT molecular complexity index is 78.6. The zero-order valence-electron chi connectivity index (χ0n) is 5.48. The first-order valence-electron chi connectivity index (χ1n) is 2.76. The smallest absolute Gasteiger partial charge is 0.117 e. The van der Waals surface area contributed by atoms with E-state index in [0.717, 1.165) is 12.1 Å².